The molecule has 1 aromatic carbocycles. The molecule has 0 unspecified atom stereocenters. The van der Waals surface area contributed by atoms with E-state index in [1.54, 1.807) is 41.5 Å². The standard InChI is InChI=1S/C15H16ClN5O2/c16-12-8-11(2-3-13(12)21-7-5-17-10-21)19-14(22)9-20-6-1-4-18-15(20)23/h2-3,5,7-8,10H,1,4,6,9H2,(H,18,23)(H,19,22). The van der Waals surface area contributed by atoms with Crippen molar-refractivity contribution < 1.29 is 9.59 Å². The molecule has 0 saturated carbocycles. The summed E-state index contributed by atoms with van der Waals surface area (Å²) in [6, 6.07) is 5.02. The Morgan fingerprint density at radius 3 is 3.00 bits per heavy atom. The summed E-state index contributed by atoms with van der Waals surface area (Å²) in [5, 5.41) is 5.96. The minimum Gasteiger partial charge on any atom is -0.338 e. The summed E-state index contributed by atoms with van der Waals surface area (Å²) < 4.78 is 1.78. The minimum absolute atomic E-state index is 0.0206. The summed E-state index contributed by atoms with van der Waals surface area (Å²) in [4.78, 5) is 29.1. The number of urea groups is 1. The Labute approximate surface area is 138 Å². The van der Waals surface area contributed by atoms with Gasteiger partial charge >= 0.3 is 6.03 Å². The Bertz CT molecular complexity index is 717. The molecule has 0 bridgehead atoms. The normalized spacial score (nSPS) is 14.5. The Kier molecular flexibility index (Phi) is 4.47. The summed E-state index contributed by atoms with van der Waals surface area (Å²) in [5.74, 6) is -0.256. The largest absolute Gasteiger partial charge is 0.338 e. The zero-order valence-electron chi connectivity index (χ0n) is 12.3. The van der Waals surface area contributed by atoms with Crippen molar-refractivity contribution >= 4 is 29.2 Å². The second-order valence-electron chi connectivity index (χ2n) is 5.19. The van der Waals surface area contributed by atoms with E-state index in [1.807, 2.05) is 0 Å². The van der Waals surface area contributed by atoms with Crippen LogP contribution in [0, 0.1) is 0 Å². The number of carbonyl (C=O) groups excluding carboxylic acids is 2. The molecule has 120 valence electrons. The van der Waals surface area contributed by atoms with Crippen molar-refractivity contribution in [3.8, 4) is 5.69 Å². The Morgan fingerprint density at radius 1 is 1.43 bits per heavy atom. The molecule has 0 radical (unpaired) electrons. The van der Waals surface area contributed by atoms with Crippen LogP contribution >= 0.6 is 11.6 Å². The first-order valence-electron chi connectivity index (χ1n) is 7.24. The third-order valence-corrected chi connectivity index (χ3v) is 3.82. The van der Waals surface area contributed by atoms with Crippen LogP contribution in [0.15, 0.2) is 36.9 Å². The number of hydrogen-bond donors (Lipinski definition) is 2. The van der Waals surface area contributed by atoms with Crippen molar-refractivity contribution in [2.45, 2.75) is 6.42 Å². The number of nitrogens with zero attached hydrogens (tertiary/aromatic N) is 3. The van der Waals surface area contributed by atoms with Gasteiger partial charge in [0, 0.05) is 31.2 Å². The van der Waals surface area contributed by atoms with E-state index >= 15 is 0 Å². The number of carbonyl (C=O) groups is 2. The van der Waals surface area contributed by atoms with Crippen molar-refractivity contribution in [2.75, 3.05) is 25.0 Å². The summed E-state index contributed by atoms with van der Waals surface area (Å²) in [5.41, 5.74) is 1.36. The Balaban J connectivity index is 1.65. The van der Waals surface area contributed by atoms with E-state index < -0.39 is 0 Å². The van der Waals surface area contributed by atoms with Gasteiger partial charge in [-0.15, -0.1) is 0 Å². The number of hydrogen-bond acceptors (Lipinski definition) is 3. The summed E-state index contributed by atoms with van der Waals surface area (Å²) in [7, 11) is 0. The quantitative estimate of drug-likeness (QED) is 0.896. The number of amides is 3. The van der Waals surface area contributed by atoms with Crippen molar-refractivity contribution in [1.82, 2.24) is 19.8 Å². The molecule has 7 nitrogen and oxygen atoms in total. The van der Waals surface area contributed by atoms with E-state index in [1.165, 1.54) is 4.90 Å². The molecular weight excluding hydrogens is 318 g/mol. The van der Waals surface area contributed by atoms with Crippen molar-refractivity contribution in [1.29, 1.82) is 0 Å². The van der Waals surface area contributed by atoms with E-state index in [2.05, 4.69) is 15.6 Å². The molecule has 2 N–H and O–H groups in total. The van der Waals surface area contributed by atoms with Gasteiger partial charge in [0.05, 0.1) is 17.0 Å². The van der Waals surface area contributed by atoms with E-state index in [9.17, 15) is 9.59 Å². The number of aromatic nitrogens is 2. The van der Waals surface area contributed by atoms with Gasteiger partial charge in [0.15, 0.2) is 0 Å². The number of halogens is 1. The molecule has 1 aliphatic rings. The van der Waals surface area contributed by atoms with Crippen LogP contribution < -0.4 is 10.6 Å². The highest BCUT2D eigenvalue weighted by molar-refractivity contribution is 6.32. The molecule has 1 fully saturated rings. The number of imidazole rings is 1. The highest BCUT2D eigenvalue weighted by Gasteiger charge is 2.20. The SMILES string of the molecule is O=C(CN1CCCNC1=O)Nc1ccc(-n2ccnc2)c(Cl)c1. The Morgan fingerprint density at radius 2 is 2.30 bits per heavy atom. The van der Waals surface area contributed by atoms with Crippen LogP contribution in [0.4, 0.5) is 10.5 Å². The summed E-state index contributed by atoms with van der Waals surface area (Å²) in [6.45, 7) is 1.26. The summed E-state index contributed by atoms with van der Waals surface area (Å²) >= 11 is 6.24. The zero-order valence-corrected chi connectivity index (χ0v) is 13.1. The number of nitrogens with one attached hydrogen (secondary N) is 2. The maximum absolute atomic E-state index is 12.1. The minimum atomic E-state index is -0.256. The first kappa shape index (κ1) is 15.4. The van der Waals surface area contributed by atoms with Crippen molar-refractivity contribution in [2.24, 2.45) is 0 Å². The second-order valence-corrected chi connectivity index (χ2v) is 5.60. The van der Waals surface area contributed by atoms with Gasteiger partial charge in [0.1, 0.15) is 6.54 Å². The predicted molar refractivity (Wildman–Crippen MR) is 86.8 cm³/mol. The van der Waals surface area contributed by atoms with Crippen molar-refractivity contribution in [3.63, 3.8) is 0 Å². The molecular formula is C15H16ClN5O2. The number of benzene rings is 1. The van der Waals surface area contributed by atoms with Crippen LogP contribution in [0.25, 0.3) is 5.69 Å². The monoisotopic (exact) mass is 333 g/mol. The third-order valence-electron chi connectivity index (χ3n) is 3.52. The highest BCUT2D eigenvalue weighted by Crippen LogP contribution is 2.24. The van der Waals surface area contributed by atoms with Gasteiger partial charge in [-0.05, 0) is 24.6 Å². The lowest BCUT2D eigenvalue weighted by Gasteiger charge is -2.26. The van der Waals surface area contributed by atoms with Gasteiger partial charge in [0.2, 0.25) is 5.91 Å². The van der Waals surface area contributed by atoms with Crippen LogP contribution in [0.1, 0.15) is 6.42 Å². The molecule has 8 heteroatoms. The van der Waals surface area contributed by atoms with E-state index in [4.69, 9.17) is 11.6 Å². The average Bonchev–Trinajstić information content (AvgIpc) is 3.04. The predicted octanol–water partition coefficient (Wildman–Crippen LogP) is 1.88. The lowest BCUT2D eigenvalue weighted by atomic mass is 10.2. The number of rotatable bonds is 4. The van der Waals surface area contributed by atoms with E-state index in [0.717, 1.165) is 12.1 Å². The van der Waals surface area contributed by atoms with E-state index in [0.29, 0.717) is 23.8 Å². The fourth-order valence-electron chi connectivity index (χ4n) is 2.40. The topological polar surface area (TPSA) is 79.3 Å². The maximum Gasteiger partial charge on any atom is 0.317 e. The second kappa shape index (κ2) is 6.70. The van der Waals surface area contributed by atoms with Crippen LogP contribution in [-0.4, -0.2) is 46.0 Å². The van der Waals surface area contributed by atoms with Gasteiger partial charge in [-0.2, -0.15) is 0 Å². The lowest BCUT2D eigenvalue weighted by Crippen LogP contribution is -2.49. The van der Waals surface area contributed by atoms with Crippen LogP contribution in [0.3, 0.4) is 0 Å². The van der Waals surface area contributed by atoms with Gasteiger partial charge in [-0.3, -0.25) is 4.79 Å². The van der Waals surface area contributed by atoms with Gasteiger partial charge in [0.25, 0.3) is 0 Å². The number of anilines is 1. The molecule has 0 aliphatic carbocycles. The molecule has 2 aromatic rings. The maximum atomic E-state index is 12.1. The molecule has 1 aliphatic heterocycles. The fraction of sp³-hybridized carbons (Fsp3) is 0.267. The molecule has 2 heterocycles. The molecule has 0 atom stereocenters. The summed E-state index contributed by atoms with van der Waals surface area (Å²) in [6.07, 6.45) is 5.93. The van der Waals surface area contributed by atoms with Crippen LogP contribution in [-0.2, 0) is 4.79 Å². The van der Waals surface area contributed by atoms with Gasteiger partial charge in [-0.25, -0.2) is 9.78 Å². The fourth-order valence-corrected chi connectivity index (χ4v) is 2.68. The van der Waals surface area contributed by atoms with Crippen LogP contribution in [0.2, 0.25) is 5.02 Å². The smallest absolute Gasteiger partial charge is 0.317 e. The molecule has 0 spiro atoms. The molecule has 3 rings (SSSR count). The van der Waals surface area contributed by atoms with E-state index in [-0.39, 0.29) is 18.5 Å². The average molecular weight is 334 g/mol. The molecule has 1 saturated heterocycles. The molecule has 23 heavy (non-hydrogen) atoms. The lowest BCUT2D eigenvalue weighted by molar-refractivity contribution is -0.116. The molecule has 1 aromatic heterocycles. The highest BCUT2D eigenvalue weighted by atomic mass is 35.5. The first-order chi connectivity index (χ1) is 11.1. The van der Waals surface area contributed by atoms with Crippen LogP contribution in [0.5, 0.6) is 0 Å². The van der Waals surface area contributed by atoms with Gasteiger partial charge < -0.3 is 20.1 Å². The Hall–Kier alpha value is -2.54. The zero-order chi connectivity index (χ0) is 16.2. The molecule has 3 amide bonds. The van der Waals surface area contributed by atoms with Gasteiger partial charge in [-0.1, -0.05) is 11.6 Å². The third kappa shape index (κ3) is 3.62. The van der Waals surface area contributed by atoms with Crippen molar-refractivity contribution in [3.05, 3.63) is 41.9 Å². The first-order valence-corrected chi connectivity index (χ1v) is 7.62.